The maximum Gasteiger partial charge on any atom is 0.257 e. The number of allylic oxidation sites excluding steroid dienone is 1. The van der Waals surface area contributed by atoms with Gasteiger partial charge in [0, 0.05) is 74.5 Å². The minimum atomic E-state index is 0.171. The molecule has 4 heterocycles. The number of carbonyl (C=O) groups excluding carboxylic acids is 1. The Balaban J connectivity index is 1.29. The quantitative estimate of drug-likeness (QED) is 0.237. The van der Waals surface area contributed by atoms with E-state index in [0.29, 0.717) is 42.7 Å². The summed E-state index contributed by atoms with van der Waals surface area (Å²) in [6, 6.07) is 16.0. The molecule has 0 aliphatic carbocycles. The molecule has 222 valence electrons. The van der Waals surface area contributed by atoms with Crippen LogP contribution in [0.3, 0.4) is 0 Å². The first-order chi connectivity index (χ1) is 20.9. The molecule has 1 amide bonds. The molecule has 2 fully saturated rings. The first-order valence-corrected chi connectivity index (χ1v) is 14.9. The molecule has 2 aliphatic rings. The van der Waals surface area contributed by atoms with E-state index >= 15 is 0 Å². The lowest BCUT2D eigenvalue weighted by Crippen LogP contribution is -2.44. The second-order valence-electron chi connectivity index (χ2n) is 11.5. The van der Waals surface area contributed by atoms with Crippen LogP contribution < -0.4 is 9.64 Å². The zero-order valence-electron chi connectivity index (χ0n) is 25.3. The molecule has 1 atom stereocenters. The third-order valence-electron chi connectivity index (χ3n) is 8.52. The summed E-state index contributed by atoms with van der Waals surface area (Å²) in [5, 5.41) is 3.89. The Labute approximate surface area is 252 Å². The van der Waals surface area contributed by atoms with Gasteiger partial charge in [-0.1, -0.05) is 28.9 Å². The summed E-state index contributed by atoms with van der Waals surface area (Å²) in [5.41, 5.74) is 6.19. The van der Waals surface area contributed by atoms with Crippen LogP contribution in [0.25, 0.3) is 22.6 Å². The summed E-state index contributed by atoms with van der Waals surface area (Å²) < 4.78 is 11.8. The number of likely N-dealkylation sites (tertiary alicyclic amines) is 1. The standard InChI is InChI=1S/C34H38N6O3/c1-5-23(2)29-18-33(41)40(22-29)21-27-7-6-26(28-16-30(20-35-19-28)39-14-12-38(4)13-15-39)17-32(27)42-31-10-8-25(9-11-31)34-36-24(3)37-43-34/h5-11,16-17,19-20,29H,12-15,18,21-22H2,1-4H3. The Bertz CT molecular complexity index is 1620. The number of nitrogens with zero attached hydrogens (tertiary/aromatic N) is 6. The van der Waals surface area contributed by atoms with Crippen molar-refractivity contribution in [3.63, 3.8) is 0 Å². The molecule has 2 aromatic heterocycles. The van der Waals surface area contributed by atoms with E-state index in [0.717, 1.165) is 54.1 Å². The van der Waals surface area contributed by atoms with Crippen LogP contribution in [0.4, 0.5) is 5.69 Å². The normalized spacial score (nSPS) is 18.0. The molecule has 0 saturated carbocycles. The zero-order chi connectivity index (χ0) is 29.9. The minimum absolute atomic E-state index is 0.171. The number of hydrogen-bond acceptors (Lipinski definition) is 8. The molecule has 1 unspecified atom stereocenters. The molecular formula is C34H38N6O3. The highest BCUT2D eigenvalue weighted by Crippen LogP contribution is 2.35. The van der Waals surface area contributed by atoms with Gasteiger partial charge in [0.05, 0.1) is 11.9 Å². The van der Waals surface area contributed by atoms with Gasteiger partial charge in [-0.25, -0.2) is 0 Å². The number of hydrogen-bond donors (Lipinski definition) is 0. The van der Waals surface area contributed by atoms with Gasteiger partial charge in [0.25, 0.3) is 5.89 Å². The highest BCUT2D eigenvalue weighted by molar-refractivity contribution is 5.79. The van der Waals surface area contributed by atoms with Crippen LogP contribution in [0.5, 0.6) is 11.5 Å². The number of benzene rings is 2. The summed E-state index contributed by atoms with van der Waals surface area (Å²) in [7, 11) is 2.16. The number of likely N-dealkylation sites (N-methyl/N-ethyl adjacent to an activating group) is 1. The molecule has 2 aliphatic heterocycles. The molecule has 2 aromatic carbocycles. The fourth-order valence-corrected chi connectivity index (χ4v) is 5.66. The fraction of sp³-hybridized carbons (Fsp3) is 0.353. The minimum Gasteiger partial charge on any atom is -0.457 e. The van der Waals surface area contributed by atoms with Gasteiger partial charge >= 0.3 is 0 Å². The van der Waals surface area contributed by atoms with Crippen molar-refractivity contribution >= 4 is 11.6 Å². The molecule has 9 heteroatoms. The Morgan fingerprint density at radius 1 is 1.02 bits per heavy atom. The lowest BCUT2D eigenvalue weighted by molar-refractivity contribution is -0.128. The number of ether oxygens (including phenoxy) is 1. The SMILES string of the molecule is CC=C(C)C1CC(=O)N(Cc2ccc(-c3cncc(N4CCN(C)CC4)c3)cc2Oc2ccc(-c3nc(C)no3)cc2)C1. The van der Waals surface area contributed by atoms with Gasteiger partial charge in [-0.3, -0.25) is 9.78 Å². The first-order valence-electron chi connectivity index (χ1n) is 14.9. The molecule has 2 saturated heterocycles. The average Bonchev–Trinajstić information content (AvgIpc) is 3.63. The largest absolute Gasteiger partial charge is 0.457 e. The van der Waals surface area contributed by atoms with Crippen LogP contribution >= 0.6 is 0 Å². The van der Waals surface area contributed by atoms with Crippen LogP contribution in [0.1, 0.15) is 31.7 Å². The van der Waals surface area contributed by atoms with Gasteiger partial charge in [0.1, 0.15) is 11.5 Å². The molecular weight excluding hydrogens is 540 g/mol. The van der Waals surface area contributed by atoms with Crippen LogP contribution in [-0.4, -0.2) is 70.6 Å². The molecule has 9 nitrogen and oxygen atoms in total. The van der Waals surface area contributed by atoms with Crippen LogP contribution in [0, 0.1) is 12.8 Å². The molecule has 4 aromatic rings. The number of rotatable bonds is 8. The third-order valence-corrected chi connectivity index (χ3v) is 8.52. The van der Waals surface area contributed by atoms with Crippen molar-refractivity contribution in [1.82, 2.24) is 24.9 Å². The Kier molecular flexibility index (Phi) is 8.24. The van der Waals surface area contributed by atoms with E-state index in [9.17, 15) is 4.79 Å². The van der Waals surface area contributed by atoms with E-state index < -0.39 is 0 Å². The van der Waals surface area contributed by atoms with Crippen molar-refractivity contribution in [1.29, 1.82) is 0 Å². The zero-order valence-corrected chi connectivity index (χ0v) is 25.3. The van der Waals surface area contributed by atoms with Gasteiger partial charge < -0.3 is 24.0 Å². The van der Waals surface area contributed by atoms with Crippen molar-refractivity contribution in [2.24, 2.45) is 5.92 Å². The molecule has 0 N–H and O–H groups in total. The van der Waals surface area contributed by atoms with E-state index in [1.807, 2.05) is 48.5 Å². The summed E-state index contributed by atoms with van der Waals surface area (Å²) in [6.07, 6.45) is 6.49. The predicted molar refractivity (Wildman–Crippen MR) is 167 cm³/mol. The van der Waals surface area contributed by atoms with Crippen LogP contribution in [-0.2, 0) is 11.3 Å². The molecule has 0 bridgehead atoms. The maximum absolute atomic E-state index is 13.0. The van der Waals surface area contributed by atoms with Gasteiger partial charge in [0.2, 0.25) is 5.91 Å². The van der Waals surface area contributed by atoms with Crippen LogP contribution in [0.15, 0.2) is 77.1 Å². The lowest BCUT2D eigenvalue weighted by Gasteiger charge is -2.34. The number of pyridine rings is 1. The van der Waals surface area contributed by atoms with E-state index in [1.165, 1.54) is 5.57 Å². The fourth-order valence-electron chi connectivity index (χ4n) is 5.66. The number of aryl methyl sites for hydroxylation is 1. The predicted octanol–water partition coefficient (Wildman–Crippen LogP) is 5.97. The summed E-state index contributed by atoms with van der Waals surface area (Å²) in [4.78, 5) is 28.5. The smallest absolute Gasteiger partial charge is 0.257 e. The Morgan fingerprint density at radius 2 is 1.79 bits per heavy atom. The van der Waals surface area contributed by atoms with Gasteiger partial charge in [0.15, 0.2) is 5.82 Å². The Hall–Kier alpha value is -4.50. The molecule has 6 rings (SSSR count). The summed E-state index contributed by atoms with van der Waals surface area (Å²) >= 11 is 0. The highest BCUT2D eigenvalue weighted by atomic mass is 16.5. The second-order valence-corrected chi connectivity index (χ2v) is 11.5. The van der Waals surface area contributed by atoms with Crippen molar-refractivity contribution in [3.05, 3.63) is 84.0 Å². The van der Waals surface area contributed by atoms with Gasteiger partial charge in [-0.05, 0) is 69.8 Å². The molecule has 0 spiro atoms. The number of amides is 1. The second kappa shape index (κ2) is 12.4. The van der Waals surface area contributed by atoms with Crippen LogP contribution in [0.2, 0.25) is 0 Å². The monoisotopic (exact) mass is 578 g/mol. The third kappa shape index (κ3) is 6.46. The van der Waals surface area contributed by atoms with Crippen molar-refractivity contribution < 1.29 is 14.1 Å². The summed E-state index contributed by atoms with van der Waals surface area (Å²) in [6.45, 7) is 11.2. The van der Waals surface area contributed by atoms with E-state index in [4.69, 9.17) is 9.26 Å². The first kappa shape index (κ1) is 28.6. The number of piperazine rings is 1. The lowest BCUT2D eigenvalue weighted by atomic mass is 10.00. The number of carbonyl (C=O) groups is 1. The topological polar surface area (TPSA) is 87.8 Å². The number of aromatic nitrogens is 3. The summed E-state index contributed by atoms with van der Waals surface area (Å²) in [5.74, 6) is 2.88. The van der Waals surface area contributed by atoms with Crippen molar-refractivity contribution in [2.75, 3.05) is 44.7 Å². The molecule has 0 radical (unpaired) electrons. The number of anilines is 1. The molecule has 43 heavy (non-hydrogen) atoms. The van der Waals surface area contributed by atoms with Crippen molar-refractivity contribution in [3.8, 4) is 34.1 Å². The van der Waals surface area contributed by atoms with Crippen molar-refractivity contribution in [2.45, 2.75) is 33.7 Å². The average molecular weight is 579 g/mol. The van der Waals surface area contributed by atoms with Gasteiger partial charge in [-0.2, -0.15) is 4.98 Å². The Morgan fingerprint density at radius 3 is 2.51 bits per heavy atom. The van der Waals surface area contributed by atoms with E-state index in [1.54, 1.807) is 6.92 Å². The van der Waals surface area contributed by atoms with Gasteiger partial charge in [-0.15, -0.1) is 0 Å². The highest BCUT2D eigenvalue weighted by Gasteiger charge is 2.31. The maximum atomic E-state index is 13.0. The van der Waals surface area contributed by atoms with E-state index in [-0.39, 0.29) is 11.8 Å². The van der Waals surface area contributed by atoms with E-state index in [2.05, 4.69) is 69.2 Å².